The summed E-state index contributed by atoms with van der Waals surface area (Å²) in [7, 11) is 0. The van der Waals surface area contributed by atoms with Gasteiger partial charge in [-0.15, -0.1) is 11.3 Å². The predicted octanol–water partition coefficient (Wildman–Crippen LogP) is 4.53. The van der Waals surface area contributed by atoms with E-state index in [0.29, 0.717) is 5.56 Å². The summed E-state index contributed by atoms with van der Waals surface area (Å²) in [5.74, 6) is 0.276. The third kappa shape index (κ3) is 3.78. The van der Waals surface area contributed by atoms with Crippen LogP contribution in [-0.4, -0.2) is 9.91 Å². The van der Waals surface area contributed by atoms with Gasteiger partial charge in [-0.2, -0.15) is 0 Å². The highest BCUT2D eigenvalue weighted by molar-refractivity contribution is 7.09. The monoisotopic (exact) mass is 340 g/mol. The van der Waals surface area contributed by atoms with Crippen molar-refractivity contribution in [3.63, 3.8) is 0 Å². The van der Waals surface area contributed by atoms with Crippen LogP contribution in [0.4, 0.5) is 5.69 Å². The van der Waals surface area contributed by atoms with Crippen molar-refractivity contribution in [2.45, 2.75) is 20.0 Å². The number of rotatable bonds is 6. The van der Waals surface area contributed by atoms with Gasteiger partial charge < -0.3 is 4.74 Å². The minimum Gasteiger partial charge on any atom is -0.480 e. The van der Waals surface area contributed by atoms with E-state index in [0.717, 1.165) is 17.1 Å². The lowest BCUT2D eigenvalue weighted by atomic mass is 10.2. The van der Waals surface area contributed by atoms with Gasteiger partial charge in [0.2, 0.25) is 0 Å². The standard InChI is InChI=1S/C18H16N2O3S/c1-13-6-5-9-16(18(13)20(21)22)23-11-15-12-24-17(19-15)10-14-7-3-2-4-8-14/h2-9,12H,10-11H2,1H3. The second-order valence-corrected chi connectivity index (χ2v) is 6.31. The fourth-order valence-electron chi connectivity index (χ4n) is 2.40. The topological polar surface area (TPSA) is 65.3 Å². The van der Waals surface area contributed by atoms with E-state index >= 15 is 0 Å². The summed E-state index contributed by atoms with van der Waals surface area (Å²) in [6, 6.07) is 15.2. The molecule has 0 aliphatic rings. The first kappa shape index (κ1) is 16.1. The van der Waals surface area contributed by atoms with E-state index in [9.17, 15) is 10.1 Å². The molecule has 0 bridgehead atoms. The first-order valence-corrected chi connectivity index (χ1v) is 8.35. The minimum atomic E-state index is -0.410. The first-order valence-electron chi connectivity index (χ1n) is 7.47. The fraction of sp³-hybridized carbons (Fsp3) is 0.167. The molecular weight excluding hydrogens is 324 g/mol. The lowest BCUT2D eigenvalue weighted by Gasteiger charge is -2.06. The van der Waals surface area contributed by atoms with Gasteiger partial charge in [0.15, 0.2) is 5.75 Å². The number of hydrogen-bond acceptors (Lipinski definition) is 5. The van der Waals surface area contributed by atoms with Gasteiger partial charge in [-0.1, -0.05) is 42.5 Å². The number of hydrogen-bond donors (Lipinski definition) is 0. The van der Waals surface area contributed by atoms with E-state index in [-0.39, 0.29) is 18.0 Å². The smallest absolute Gasteiger partial charge is 0.313 e. The molecule has 2 aromatic carbocycles. The normalized spacial score (nSPS) is 10.5. The number of nitro benzene ring substituents is 1. The van der Waals surface area contributed by atoms with Crippen LogP contribution in [0.15, 0.2) is 53.9 Å². The number of aryl methyl sites for hydroxylation is 1. The molecule has 0 saturated heterocycles. The lowest BCUT2D eigenvalue weighted by molar-refractivity contribution is -0.386. The molecule has 0 atom stereocenters. The summed E-state index contributed by atoms with van der Waals surface area (Å²) >= 11 is 1.57. The summed E-state index contributed by atoms with van der Waals surface area (Å²) in [6.07, 6.45) is 0.774. The maximum Gasteiger partial charge on any atom is 0.313 e. The van der Waals surface area contributed by atoms with Crippen molar-refractivity contribution in [3.8, 4) is 5.75 Å². The average Bonchev–Trinajstić information content (AvgIpc) is 3.01. The van der Waals surface area contributed by atoms with E-state index < -0.39 is 4.92 Å². The van der Waals surface area contributed by atoms with Crippen LogP contribution in [-0.2, 0) is 13.0 Å². The predicted molar refractivity (Wildman–Crippen MR) is 93.5 cm³/mol. The van der Waals surface area contributed by atoms with Gasteiger partial charge in [0.25, 0.3) is 0 Å². The van der Waals surface area contributed by atoms with Gasteiger partial charge >= 0.3 is 5.69 Å². The zero-order valence-corrected chi connectivity index (χ0v) is 14.0. The number of para-hydroxylation sites is 1. The highest BCUT2D eigenvalue weighted by Gasteiger charge is 2.18. The molecule has 5 nitrogen and oxygen atoms in total. The molecule has 3 rings (SSSR count). The van der Waals surface area contributed by atoms with Crippen LogP contribution >= 0.6 is 11.3 Å². The van der Waals surface area contributed by atoms with Crippen molar-refractivity contribution in [2.24, 2.45) is 0 Å². The molecule has 0 fully saturated rings. The molecule has 0 saturated carbocycles. The Hall–Kier alpha value is -2.73. The fourth-order valence-corrected chi connectivity index (χ4v) is 3.21. The highest BCUT2D eigenvalue weighted by Crippen LogP contribution is 2.30. The van der Waals surface area contributed by atoms with Crippen molar-refractivity contribution < 1.29 is 9.66 Å². The molecule has 3 aromatic rings. The first-order chi connectivity index (χ1) is 11.6. The third-order valence-electron chi connectivity index (χ3n) is 3.56. The maximum atomic E-state index is 11.2. The van der Waals surface area contributed by atoms with Crippen molar-refractivity contribution in [2.75, 3.05) is 0 Å². The largest absolute Gasteiger partial charge is 0.480 e. The molecule has 0 radical (unpaired) electrons. The van der Waals surface area contributed by atoms with Crippen molar-refractivity contribution in [1.82, 2.24) is 4.98 Å². The summed E-state index contributed by atoms with van der Waals surface area (Å²) in [4.78, 5) is 15.3. The quantitative estimate of drug-likeness (QED) is 0.488. The van der Waals surface area contributed by atoms with E-state index in [1.165, 1.54) is 5.56 Å². The second-order valence-electron chi connectivity index (χ2n) is 5.36. The Kier molecular flexibility index (Phi) is 4.86. The van der Waals surface area contributed by atoms with E-state index in [4.69, 9.17) is 4.74 Å². The Morgan fingerprint density at radius 3 is 2.71 bits per heavy atom. The van der Waals surface area contributed by atoms with Gasteiger partial charge in [-0.3, -0.25) is 10.1 Å². The van der Waals surface area contributed by atoms with Gasteiger partial charge in [0, 0.05) is 17.4 Å². The average molecular weight is 340 g/mol. The summed E-state index contributed by atoms with van der Waals surface area (Å²) in [5.41, 5.74) is 2.58. The molecule has 1 aromatic heterocycles. The van der Waals surface area contributed by atoms with Gasteiger partial charge in [-0.05, 0) is 18.6 Å². The van der Waals surface area contributed by atoms with Crippen LogP contribution in [0.1, 0.15) is 21.8 Å². The number of ether oxygens (including phenoxy) is 1. The number of thiazole rings is 1. The van der Waals surface area contributed by atoms with Gasteiger partial charge in [0.05, 0.1) is 15.6 Å². The second kappa shape index (κ2) is 7.23. The minimum absolute atomic E-state index is 0.0113. The summed E-state index contributed by atoms with van der Waals surface area (Å²) in [5, 5.41) is 14.1. The van der Waals surface area contributed by atoms with Crippen LogP contribution in [0.3, 0.4) is 0 Å². The summed E-state index contributed by atoms with van der Waals surface area (Å²) in [6.45, 7) is 1.92. The van der Waals surface area contributed by atoms with E-state index in [2.05, 4.69) is 17.1 Å². The lowest BCUT2D eigenvalue weighted by Crippen LogP contribution is -2.01. The molecule has 1 heterocycles. The molecule has 122 valence electrons. The van der Waals surface area contributed by atoms with Crippen LogP contribution in [0.25, 0.3) is 0 Å². The van der Waals surface area contributed by atoms with E-state index in [1.807, 2.05) is 23.6 Å². The van der Waals surface area contributed by atoms with Crippen LogP contribution in [0.5, 0.6) is 5.75 Å². The van der Waals surface area contributed by atoms with Crippen molar-refractivity contribution >= 4 is 17.0 Å². The Bertz CT molecular complexity index is 846. The molecule has 0 aliphatic heterocycles. The highest BCUT2D eigenvalue weighted by atomic mass is 32.1. The van der Waals surface area contributed by atoms with Crippen molar-refractivity contribution in [1.29, 1.82) is 0 Å². The third-order valence-corrected chi connectivity index (χ3v) is 4.45. The number of nitrogens with zero attached hydrogens (tertiary/aromatic N) is 2. The molecule has 24 heavy (non-hydrogen) atoms. The Morgan fingerprint density at radius 2 is 1.96 bits per heavy atom. The zero-order valence-electron chi connectivity index (χ0n) is 13.1. The van der Waals surface area contributed by atoms with Crippen LogP contribution in [0, 0.1) is 17.0 Å². The van der Waals surface area contributed by atoms with Crippen LogP contribution in [0.2, 0.25) is 0 Å². The maximum absolute atomic E-state index is 11.2. The molecular formula is C18H16N2O3S. The van der Waals surface area contributed by atoms with E-state index in [1.54, 1.807) is 36.5 Å². The Balaban J connectivity index is 1.68. The van der Waals surface area contributed by atoms with Crippen molar-refractivity contribution in [3.05, 3.63) is 85.9 Å². The van der Waals surface area contributed by atoms with Crippen LogP contribution < -0.4 is 4.74 Å². The molecule has 0 N–H and O–H groups in total. The molecule has 6 heteroatoms. The SMILES string of the molecule is Cc1cccc(OCc2csc(Cc3ccccc3)n2)c1[N+](=O)[O-]. The van der Waals surface area contributed by atoms with Gasteiger partial charge in [-0.25, -0.2) is 4.98 Å². The molecule has 0 unspecified atom stereocenters. The zero-order chi connectivity index (χ0) is 16.9. The molecule has 0 amide bonds. The number of aromatic nitrogens is 1. The summed E-state index contributed by atoms with van der Waals surface area (Å²) < 4.78 is 5.63. The molecule has 0 spiro atoms. The number of nitro groups is 1. The molecule has 0 aliphatic carbocycles. The Labute approximate surface area is 143 Å². The van der Waals surface area contributed by atoms with Gasteiger partial charge in [0.1, 0.15) is 6.61 Å². The Morgan fingerprint density at radius 1 is 1.17 bits per heavy atom. The number of benzene rings is 2.